The summed E-state index contributed by atoms with van der Waals surface area (Å²) in [6, 6.07) is 1.98. The third-order valence-electron chi connectivity index (χ3n) is 3.55. The number of aryl methyl sites for hydroxylation is 1. The third-order valence-corrected chi connectivity index (χ3v) is 5.18. The molecule has 0 atom stereocenters. The molecule has 0 aromatic carbocycles. The fraction of sp³-hybridized carbons (Fsp3) is 0.176. The largest absolute Gasteiger partial charge is 0.456 e. The molecule has 0 aliphatic heterocycles. The van der Waals surface area contributed by atoms with Crippen molar-refractivity contribution in [2.45, 2.75) is 6.61 Å². The Kier molecular flexibility index (Phi) is 5.29. The lowest BCUT2D eigenvalue weighted by Crippen LogP contribution is -2.37. The Labute approximate surface area is 156 Å². The van der Waals surface area contributed by atoms with E-state index >= 15 is 0 Å². The Balaban J connectivity index is 1.64. The first-order valence-corrected chi connectivity index (χ1v) is 9.36. The van der Waals surface area contributed by atoms with Gasteiger partial charge in [0.25, 0.3) is 5.56 Å². The molecule has 0 unspecified atom stereocenters. The summed E-state index contributed by atoms with van der Waals surface area (Å²) < 4.78 is 7.40. The number of esters is 1. The number of aromatic nitrogens is 3. The molecule has 134 valence electrons. The lowest BCUT2D eigenvalue weighted by Gasteiger charge is -2.03. The Morgan fingerprint density at radius 1 is 1.31 bits per heavy atom. The zero-order valence-electron chi connectivity index (χ0n) is 14.0. The highest BCUT2D eigenvalue weighted by Gasteiger charge is 2.08. The zero-order valence-corrected chi connectivity index (χ0v) is 15.7. The molecule has 0 fully saturated rings. The minimum absolute atomic E-state index is 0.0507. The number of carbonyl (C=O) groups excluding carboxylic acids is 1. The maximum Gasteiger partial charge on any atom is 0.331 e. The SMILES string of the molecule is Cn1cc(C=CC(=O)OCc2csc(-c3ccsc3)n2)c(=O)n(C)c1=O. The average Bonchev–Trinajstić information content (AvgIpc) is 3.31. The Bertz CT molecular complexity index is 1070. The van der Waals surface area contributed by atoms with Crippen LogP contribution < -0.4 is 11.2 Å². The molecule has 0 N–H and O–H groups in total. The summed E-state index contributed by atoms with van der Waals surface area (Å²) in [6.07, 6.45) is 3.87. The van der Waals surface area contributed by atoms with Gasteiger partial charge >= 0.3 is 11.7 Å². The fourth-order valence-corrected chi connectivity index (χ4v) is 3.71. The molecule has 0 aliphatic carbocycles. The van der Waals surface area contributed by atoms with Gasteiger partial charge in [-0.25, -0.2) is 14.6 Å². The van der Waals surface area contributed by atoms with E-state index in [0.29, 0.717) is 5.69 Å². The maximum absolute atomic E-state index is 12.0. The lowest BCUT2D eigenvalue weighted by molar-refractivity contribution is -0.139. The molecule has 3 rings (SSSR count). The second kappa shape index (κ2) is 7.63. The molecule has 0 radical (unpaired) electrons. The van der Waals surface area contributed by atoms with E-state index in [0.717, 1.165) is 21.2 Å². The van der Waals surface area contributed by atoms with Crippen LogP contribution in [0.25, 0.3) is 16.6 Å². The van der Waals surface area contributed by atoms with Gasteiger partial charge < -0.3 is 9.30 Å². The van der Waals surface area contributed by atoms with Crippen LogP contribution in [-0.2, 0) is 30.2 Å². The van der Waals surface area contributed by atoms with E-state index in [2.05, 4.69) is 4.98 Å². The number of hydrogen-bond donors (Lipinski definition) is 0. The number of nitrogens with zero attached hydrogens (tertiary/aromatic N) is 3. The average molecular weight is 389 g/mol. The second-order valence-electron chi connectivity index (χ2n) is 5.44. The first kappa shape index (κ1) is 18.0. The monoisotopic (exact) mass is 389 g/mol. The molecule has 3 aromatic heterocycles. The summed E-state index contributed by atoms with van der Waals surface area (Å²) in [5, 5.41) is 6.70. The highest BCUT2D eigenvalue weighted by atomic mass is 32.1. The van der Waals surface area contributed by atoms with Gasteiger partial charge in [-0.05, 0) is 17.5 Å². The third kappa shape index (κ3) is 3.89. The van der Waals surface area contributed by atoms with Crippen LogP contribution >= 0.6 is 22.7 Å². The Morgan fingerprint density at radius 3 is 2.85 bits per heavy atom. The molecular formula is C17H15N3O4S2. The molecule has 0 saturated carbocycles. The van der Waals surface area contributed by atoms with Crippen molar-refractivity contribution in [3.05, 3.63) is 66.6 Å². The summed E-state index contributed by atoms with van der Waals surface area (Å²) in [4.78, 5) is 39.9. The van der Waals surface area contributed by atoms with Crippen molar-refractivity contribution in [1.82, 2.24) is 14.1 Å². The highest BCUT2D eigenvalue weighted by Crippen LogP contribution is 2.25. The predicted molar refractivity (Wildman–Crippen MR) is 101 cm³/mol. The summed E-state index contributed by atoms with van der Waals surface area (Å²) in [6.45, 7) is 0.0507. The van der Waals surface area contributed by atoms with Gasteiger partial charge in [0.15, 0.2) is 0 Å². The van der Waals surface area contributed by atoms with Crippen LogP contribution in [0.4, 0.5) is 0 Å². The van der Waals surface area contributed by atoms with Crippen molar-refractivity contribution >= 4 is 34.7 Å². The van der Waals surface area contributed by atoms with Crippen molar-refractivity contribution in [2.24, 2.45) is 14.1 Å². The number of hydrogen-bond acceptors (Lipinski definition) is 7. The minimum Gasteiger partial charge on any atom is -0.456 e. The number of thiazole rings is 1. The fourth-order valence-electron chi connectivity index (χ4n) is 2.19. The molecular weight excluding hydrogens is 374 g/mol. The van der Waals surface area contributed by atoms with Gasteiger partial charge in [0.05, 0.1) is 11.3 Å². The molecule has 3 heterocycles. The van der Waals surface area contributed by atoms with Crippen LogP contribution in [0.5, 0.6) is 0 Å². The molecule has 3 aromatic rings. The van der Waals surface area contributed by atoms with Crippen LogP contribution in [0.2, 0.25) is 0 Å². The van der Waals surface area contributed by atoms with Crippen molar-refractivity contribution in [2.75, 3.05) is 0 Å². The van der Waals surface area contributed by atoms with Gasteiger partial charge in [-0.3, -0.25) is 9.36 Å². The molecule has 0 bridgehead atoms. The first-order valence-electron chi connectivity index (χ1n) is 7.54. The molecule has 0 spiro atoms. The van der Waals surface area contributed by atoms with Crippen LogP contribution in [0.1, 0.15) is 11.3 Å². The van der Waals surface area contributed by atoms with E-state index in [4.69, 9.17) is 4.74 Å². The van der Waals surface area contributed by atoms with Gasteiger partial charge in [-0.2, -0.15) is 11.3 Å². The number of thiophene rings is 1. The van der Waals surface area contributed by atoms with Crippen molar-refractivity contribution in [3.63, 3.8) is 0 Å². The van der Waals surface area contributed by atoms with Crippen molar-refractivity contribution < 1.29 is 9.53 Å². The molecule has 0 saturated heterocycles. The van der Waals surface area contributed by atoms with E-state index < -0.39 is 17.2 Å². The van der Waals surface area contributed by atoms with Crippen LogP contribution in [-0.4, -0.2) is 20.1 Å². The topological polar surface area (TPSA) is 83.2 Å². The Hall–Kier alpha value is -2.78. The lowest BCUT2D eigenvalue weighted by atomic mass is 10.3. The zero-order chi connectivity index (χ0) is 18.7. The van der Waals surface area contributed by atoms with Crippen LogP contribution in [0, 0.1) is 0 Å². The number of rotatable bonds is 5. The van der Waals surface area contributed by atoms with Crippen molar-refractivity contribution in [1.29, 1.82) is 0 Å². The second-order valence-corrected chi connectivity index (χ2v) is 7.08. The van der Waals surface area contributed by atoms with E-state index in [-0.39, 0.29) is 12.2 Å². The van der Waals surface area contributed by atoms with Gasteiger partial charge in [-0.1, -0.05) is 0 Å². The molecule has 9 heteroatoms. The van der Waals surface area contributed by atoms with Gasteiger partial charge in [0, 0.05) is 42.7 Å². The standard InChI is InChI=1S/C17H15N3O4S2/c1-19-7-11(16(22)20(2)17(19)23)3-4-14(21)24-8-13-10-26-15(18-13)12-5-6-25-9-12/h3-7,9-10H,8H2,1-2H3. The Morgan fingerprint density at radius 2 is 2.12 bits per heavy atom. The number of ether oxygens (including phenoxy) is 1. The normalized spacial score (nSPS) is 11.2. The van der Waals surface area contributed by atoms with Crippen molar-refractivity contribution in [3.8, 4) is 10.6 Å². The summed E-state index contributed by atoms with van der Waals surface area (Å²) in [5.41, 5.74) is 1.02. The molecule has 0 aliphatic rings. The van der Waals surface area contributed by atoms with Crippen LogP contribution in [0.3, 0.4) is 0 Å². The molecule has 0 amide bonds. The predicted octanol–water partition coefficient (Wildman–Crippen LogP) is 2.03. The van der Waals surface area contributed by atoms with E-state index in [1.165, 1.54) is 42.3 Å². The quantitative estimate of drug-likeness (QED) is 0.492. The maximum atomic E-state index is 12.0. The van der Waals surface area contributed by atoms with Gasteiger partial charge in [-0.15, -0.1) is 11.3 Å². The smallest absolute Gasteiger partial charge is 0.331 e. The summed E-state index contributed by atoms with van der Waals surface area (Å²) >= 11 is 3.08. The molecule has 26 heavy (non-hydrogen) atoms. The van der Waals surface area contributed by atoms with Crippen LogP contribution in [0.15, 0.2) is 44.1 Å². The van der Waals surface area contributed by atoms with E-state index in [1.807, 2.05) is 22.2 Å². The summed E-state index contributed by atoms with van der Waals surface area (Å²) in [7, 11) is 2.92. The number of carbonyl (C=O) groups is 1. The highest BCUT2D eigenvalue weighted by molar-refractivity contribution is 7.14. The van der Waals surface area contributed by atoms with Gasteiger partial charge in [0.1, 0.15) is 11.6 Å². The first-order chi connectivity index (χ1) is 12.5. The summed E-state index contributed by atoms with van der Waals surface area (Å²) in [5.74, 6) is -0.592. The molecule has 7 nitrogen and oxygen atoms in total. The van der Waals surface area contributed by atoms with Gasteiger partial charge in [0.2, 0.25) is 0 Å². The minimum atomic E-state index is -0.592. The van der Waals surface area contributed by atoms with E-state index in [9.17, 15) is 14.4 Å². The van der Waals surface area contributed by atoms with E-state index in [1.54, 1.807) is 11.3 Å².